The normalized spacial score (nSPS) is 11.1. The van der Waals surface area contributed by atoms with Gasteiger partial charge in [0.05, 0.1) is 32.0 Å². The first-order chi connectivity index (χ1) is 13.8. The maximum atomic E-state index is 12.8. The first-order valence-electron chi connectivity index (χ1n) is 9.40. The predicted molar refractivity (Wildman–Crippen MR) is 113 cm³/mol. The minimum absolute atomic E-state index is 0.0613. The molecule has 0 atom stereocenters. The van der Waals surface area contributed by atoms with Crippen LogP contribution in [0.5, 0.6) is 5.75 Å². The van der Waals surface area contributed by atoms with Gasteiger partial charge in [0.15, 0.2) is 5.78 Å². The maximum Gasteiger partial charge on any atom is 0.339 e. The van der Waals surface area contributed by atoms with E-state index in [2.05, 4.69) is 23.2 Å². The van der Waals surface area contributed by atoms with Crippen LogP contribution in [0.15, 0.2) is 36.4 Å². The molecule has 0 fully saturated rings. The third-order valence-corrected chi connectivity index (χ3v) is 5.08. The summed E-state index contributed by atoms with van der Waals surface area (Å²) in [6, 6.07) is 12.2. The van der Waals surface area contributed by atoms with E-state index in [9.17, 15) is 9.59 Å². The molecule has 0 saturated carbocycles. The summed E-state index contributed by atoms with van der Waals surface area (Å²) in [6.45, 7) is 4.41. The number of benzene rings is 2. The SMILES string of the molecule is COC(=O)c1c(C)[nH]c(C(=O)CN(C)Cc2ccc3cc(OC)ccc3c2)c1C. The number of fused-ring (bicyclic) bond motifs is 1. The summed E-state index contributed by atoms with van der Waals surface area (Å²) in [6.07, 6.45) is 0. The first kappa shape index (κ1) is 20.6. The van der Waals surface area contributed by atoms with Gasteiger partial charge in [0.1, 0.15) is 5.75 Å². The summed E-state index contributed by atoms with van der Waals surface area (Å²) in [4.78, 5) is 29.7. The Bertz CT molecular complexity index is 1070. The number of hydrogen-bond donors (Lipinski definition) is 1. The number of aromatic nitrogens is 1. The van der Waals surface area contributed by atoms with E-state index in [4.69, 9.17) is 9.47 Å². The smallest absolute Gasteiger partial charge is 0.339 e. The number of H-pyrrole nitrogens is 1. The Kier molecular flexibility index (Phi) is 6.03. The minimum atomic E-state index is -0.434. The largest absolute Gasteiger partial charge is 0.497 e. The van der Waals surface area contributed by atoms with Crippen molar-refractivity contribution in [3.8, 4) is 5.75 Å². The molecule has 29 heavy (non-hydrogen) atoms. The second kappa shape index (κ2) is 8.49. The van der Waals surface area contributed by atoms with Crippen LogP contribution in [0.2, 0.25) is 0 Å². The van der Waals surface area contributed by atoms with Crippen LogP contribution in [-0.2, 0) is 11.3 Å². The zero-order chi connectivity index (χ0) is 21.1. The van der Waals surface area contributed by atoms with Crippen LogP contribution in [0.25, 0.3) is 10.8 Å². The number of carbonyl (C=O) groups excluding carboxylic acids is 2. The molecule has 0 saturated heterocycles. The fourth-order valence-electron chi connectivity index (χ4n) is 3.63. The second-order valence-electron chi connectivity index (χ2n) is 7.26. The van der Waals surface area contributed by atoms with E-state index >= 15 is 0 Å². The Labute approximate surface area is 170 Å². The van der Waals surface area contributed by atoms with Crippen molar-refractivity contribution in [3.05, 3.63) is 64.5 Å². The van der Waals surface area contributed by atoms with Gasteiger partial charge >= 0.3 is 5.97 Å². The number of Topliss-reactive ketones (excluding diaryl/α,β-unsaturated/α-hetero) is 1. The molecule has 1 aromatic heterocycles. The van der Waals surface area contributed by atoms with Gasteiger partial charge in [-0.1, -0.05) is 18.2 Å². The van der Waals surface area contributed by atoms with Crippen molar-refractivity contribution < 1.29 is 19.1 Å². The summed E-state index contributed by atoms with van der Waals surface area (Å²) in [5.74, 6) is 0.334. The highest BCUT2D eigenvalue weighted by atomic mass is 16.5. The van der Waals surface area contributed by atoms with E-state index in [1.54, 1.807) is 21.0 Å². The van der Waals surface area contributed by atoms with Crippen molar-refractivity contribution in [3.63, 3.8) is 0 Å². The van der Waals surface area contributed by atoms with Crippen molar-refractivity contribution in [2.75, 3.05) is 27.8 Å². The lowest BCUT2D eigenvalue weighted by Gasteiger charge is -2.16. The quantitative estimate of drug-likeness (QED) is 0.486. The Balaban J connectivity index is 1.72. The second-order valence-corrected chi connectivity index (χ2v) is 7.26. The summed E-state index contributed by atoms with van der Waals surface area (Å²) in [5.41, 5.74) is 3.29. The van der Waals surface area contributed by atoms with Gasteiger partial charge in [-0.05, 0) is 61.0 Å². The molecule has 0 aliphatic rings. The maximum absolute atomic E-state index is 12.8. The molecule has 2 aromatic carbocycles. The van der Waals surface area contributed by atoms with E-state index < -0.39 is 5.97 Å². The Morgan fingerprint density at radius 1 is 1.03 bits per heavy atom. The van der Waals surface area contributed by atoms with Crippen molar-refractivity contribution in [1.82, 2.24) is 9.88 Å². The molecule has 6 heteroatoms. The van der Waals surface area contributed by atoms with Gasteiger partial charge in [0.2, 0.25) is 0 Å². The van der Waals surface area contributed by atoms with Crippen molar-refractivity contribution >= 4 is 22.5 Å². The average molecular weight is 394 g/mol. The van der Waals surface area contributed by atoms with Crippen LogP contribution in [0.1, 0.15) is 37.7 Å². The number of rotatable bonds is 7. The number of hydrogen-bond acceptors (Lipinski definition) is 5. The molecule has 0 bridgehead atoms. The van der Waals surface area contributed by atoms with Gasteiger partial charge < -0.3 is 14.5 Å². The fourth-order valence-corrected chi connectivity index (χ4v) is 3.63. The van der Waals surface area contributed by atoms with Crippen LogP contribution < -0.4 is 4.74 Å². The number of aryl methyl sites for hydroxylation is 1. The van der Waals surface area contributed by atoms with E-state index in [0.29, 0.717) is 29.1 Å². The monoisotopic (exact) mass is 394 g/mol. The lowest BCUT2D eigenvalue weighted by atomic mass is 10.1. The van der Waals surface area contributed by atoms with Gasteiger partial charge in [-0.25, -0.2) is 4.79 Å². The van der Waals surface area contributed by atoms with Gasteiger partial charge in [0, 0.05) is 12.2 Å². The zero-order valence-corrected chi connectivity index (χ0v) is 17.5. The molecule has 3 rings (SSSR count). The molecule has 0 amide bonds. The molecule has 0 radical (unpaired) electrons. The predicted octanol–water partition coefficient (Wildman–Crippen LogP) is 3.89. The highest BCUT2D eigenvalue weighted by Crippen LogP contribution is 2.23. The molecule has 152 valence electrons. The molecule has 0 spiro atoms. The van der Waals surface area contributed by atoms with E-state index in [1.807, 2.05) is 30.1 Å². The zero-order valence-electron chi connectivity index (χ0n) is 17.5. The highest BCUT2D eigenvalue weighted by molar-refractivity contribution is 6.02. The van der Waals surface area contributed by atoms with Gasteiger partial charge in [-0.15, -0.1) is 0 Å². The minimum Gasteiger partial charge on any atom is -0.497 e. The summed E-state index contributed by atoms with van der Waals surface area (Å²) < 4.78 is 10.1. The number of aromatic amines is 1. The Hall–Kier alpha value is -3.12. The number of nitrogens with one attached hydrogen (secondary N) is 1. The van der Waals surface area contributed by atoms with Crippen molar-refractivity contribution in [2.24, 2.45) is 0 Å². The van der Waals surface area contributed by atoms with Crippen molar-refractivity contribution in [2.45, 2.75) is 20.4 Å². The molecule has 6 nitrogen and oxygen atoms in total. The molecule has 0 aliphatic carbocycles. The molecule has 0 aliphatic heterocycles. The molecule has 1 N–H and O–H groups in total. The number of ketones is 1. The van der Waals surface area contributed by atoms with Gasteiger partial charge in [-0.3, -0.25) is 9.69 Å². The summed E-state index contributed by atoms with van der Waals surface area (Å²) >= 11 is 0. The lowest BCUT2D eigenvalue weighted by molar-refractivity contribution is 0.0599. The third kappa shape index (κ3) is 4.32. The molecular formula is C23H26N2O4. The Morgan fingerprint density at radius 2 is 1.72 bits per heavy atom. The third-order valence-electron chi connectivity index (χ3n) is 5.08. The van der Waals surface area contributed by atoms with Gasteiger partial charge in [0.25, 0.3) is 0 Å². The number of esters is 1. The molecule has 3 aromatic rings. The average Bonchev–Trinajstić information content (AvgIpc) is 3.01. The van der Waals surface area contributed by atoms with Crippen molar-refractivity contribution in [1.29, 1.82) is 0 Å². The molecule has 0 unspecified atom stereocenters. The number of ether oxygens (including phenoxy) is 2. The number of likely N-dealkylation sites (N-methyl/N-ethyl adjacent to an activating group) is 1. The first-order valence-corrected chi connectivity index (χ1v) is 9.40. The molecule has 1 heterocycles. The Morgan fingerprint density at radius 3 is 2.41 bits per heavy atom. The van der Waals surface area contributed by atoms with E-state index in [1.165, 1.54) is 7.11 Å². The highest BCUT2D eigenvalue weighted by Gasteiger charge is 2.23. The summed E-state index contributed by atoms with van der Waals surface area (Å²) in [5, 5.41) is 2.24. The number of methoxy groups -OCH3 is 2. The van der Waals surface area contributed by atoms with Crippen LogP contribution >= 0.6 is 0 Å². The van der Waals surface area contributed by atoms with Crippen LogP contribution in [0, 0.1) is 13.8 Å². The topological polar surface area (TPSA) is 71.6 Å². The summed E-state index contributed by atoms with van der Waals surface area (Å²) in [7, 11) is 4.90. The lowest BCUT2D eigenvalue weighted by Crippen LogP contribution is -2.26. The fraction of sp³-hybridized carbons (Fsp3) is 0.304. The number of carbonyl (C=O) groups is 2. The van der Waals surface area contributed by atoms with Gasteiger partial charge in [-0.2, -0.15) is 0 Å². The van der Waals surface area contributed by atoms with E-state index in [-0.39, 0.29) is 12.3 Å². The molecular weight excluding hydrogens is 368 g/mol. The van der Waals surface area contributed by atoms with Crippen LogP contribution in [0.4, 0.5) is 0 Å². The van der Waals surface area contributed by atoms with Crippen LogP contribution in [0.3, 0.4) is 0 Å². The van der Waals surface area contributed by atoms with E-state index in [0.717, 1.165) is 22.1 Å². The number of nitrogens with zero attached hydrogens (tertiary/aromatic N) is 1. The van der Waals surface area contributed by atoms with Crippen LogP contribution in [-0.4, -0.2) is 49.4 Å². The standard InChI is InChI=1S/C23H26N2O4/c1-14-21(23(27)29-5)15(2)24-22(14)20(26)13-25(3)12-16-6-7-18-11-19(28-4)9-8-17(18)10-16/h6-11,24H,12-13H2,1-5H3.